The van der Waals surface area contributed by atoms with Gasteiger partial charge in [0.2, 0.25) is 0 Å². The molecule has 0 bridgehead atoms. The molecule has 1 aromatic rings. The molecule has 1 aromatic carbocycles. The minimum absolute atomic E-state index is 0.328. The van der Waals surface area contributed by atoms with Gasteiger partial charge >= 0.3 is 0 Å². The molecule has 0 saturated carbocycles. The molecule has 1 rings (SSSR count). The Bertz CT molecular complexity index is 339. The molecule has 0 amide bonds. The van der Waals surface area contributed by atoms with Crippen molar-refractivity contribution >= 4 is 15.9 Å². The van der Waals surface area contributed by atoms with Gasteiger partial charge in [0.25, 0.3) is 0 Å². The molecule has 1 unspecified atom stereocenters. The third-order valence-corrected chi connectivity index (χ3v) is 3.59. The Morgan fingerprint density at radius 1 is 1.38 bits per heavy atom. The summed E-state index contributed by atoms with van der Waals surface area (Å²) in [5, 5.41) is 10.1. The van der Waals surface area contributed by atoms with Crippen LogP contribution in [0.25, 0.3) is 0 Å². The number of rotatable bonds is 5. The van der Waals surface area contributed by atoms with Crippen LogP contribution in [-0.4, -0.2) is 16.5 Å². The van der Waals surface area contributed by atoms with E-state index < -0.39 is 0 Å². The lowest BCUT2D eigenvalue weighted by molar-refractivity contribution is 0.456. The lowest BCUT2D eigenvalue weighted by atomic mass is 9.97. The van der Waals surface area contributed by atoms with Crippen molar-refractivity contribution in [2.75, 3.05) is 6.54 Å². The fourth-order valence-corrected chi connectivity index (χ4v) is 1.94. The number of hydrogen-bond acceptors (Lipinski definition) is 2. The van der Waals surface area contributed by atoms with Crippen molar-refractivity contribution in [2.24, 2.45) is 5.73 Å². The Balaban J connectivity index is 2.77. The highest BCUT2D eigenvalue weighted by molar-refractivity contribution is 9.09. The van der Waals surface area contributed by atoms with Crippen molar-refractivity contribution in [3.63, 3.8) is 0 Å². The van der Waals surface area contributed by atoms with Crippen LogP contribution in [0.3, 0.4) is 0 Å². The number of aromatic hydroxyl groups is 1. The van der Waals surface area contributed by atoms with E-state index in [4.69, 9.17) is 5.73 Å². The largest absolute Gasteiger partial charge is 0.507 e. The van der Waals surface area contributed by atoms with Gasteiger partial charge in [-0.1, -0.05) is 48.0 Å². The molecule has 0 radical (unpaired) electrons. The Morgan fingerprint density at radius 2 is 2.06 bits per heavy atom. The SMILES string of the molecule is CC(C)c1cccc(CCC(Br)CN)c1O. The van der Waals surface area contributed by atoms with Crippen LogP contribution in [0.1, 0.15) is 37.3 Å². The van der Waals surface area contributed by atoms with Gasteiger partial charge in [0.05, 0.1) is 0 Å². The van der Waals surface area contributed by atoms with E-state index >= 15 is 0 Å². The maximum atomic E-state index is 10.1. The smallest absolute Gasteiger partial charge is 0.122 e. The van der Waals surface area contributed by atoms with E-state index in [1.54, 1.807) is 0 Å². The Kier molecular flexibility index (Phi) is 5.29. The molecule has 3 N–H and O–H groups in total. The Labute approximate surface area is 106 Å². The number of phenols is 1. The standard InChI is InChI=1S/C13H20BrNO/c1-9(2)12-5-3-4-10(13(12)16)6-7-11(14)8-15/h3-5,9,11,16H,6-8,15H2,1-2H3. The van der Waals surface area contributed by atoms with Gasteiger partial charge in [-0.15, -0.1) is 0 Å². The zero-order chi connectivity index (χ0) is 12.1. The summed E-state index contributed by atoms with van der Waals surface area (Å²) >= 11 is 3.50. The van der Waals surface area contributed by atoms with Crippen molar-refractivity contribution in [2.45, 2.75) is 37.4 Å². The average molecular weight is 286 g/mol. The third-order valence-electron chi connectivity index (χ3n) is 2.76. The summed E-state index contributed by atoms with van der Waals surface area (Å²) in [6.45, 7) is 4.81. The molecule has 3 heteroatoms. The fraction of sp³-hybridized carbons (Fsp3) is 0.538. The molecule has 0 fully saturated rings. The maximum Gasteiger partial charge on any atom is 0.122 e. The molecule has 1 atom stereocenters. The van der Waals surface area contributed by atoms with Crippen LogP contribution in [0.5, 0.6) is 5.75 Å². The maximum absolute atomic E-state index is 10.1. The van der Waals surface area contributed by atoms with E-state index in [1.165, 1.54) is 0 Å². The number of hydrogen-bond donors (Lipinski definition) is 2. The number of phenolic OH excluding ortho intramolecular Hbond substituents is 1. The molecule has 0 saturated heterocycles. The van der Waals surface area contributed by atoms with E-state index in [2.05, 4.69) is 29.8 Å². The first-order valence-corrected chi connectivity index (χ1v) is 6.62. The molecule has 90 valence electrons. The molecule has 0 aliphatic heterocycles. The van der Waals surface area contributed by atoms with E-state index in [1.807, 2.05) is 18.2 Å². The summed E-state index contributed by atoms with van der Waals surface area (Å²) in [5.74, 6) is 0.809. The summed E-state index contributed by atoms with van der Waals surface area (Å²) in [5.41, 5.74) is 7.59. The summed E-state index contributed by atoms with van der Waals surface area (Å²) in [6.07, 6.45) is 1.81. The van der Waals surface area contributed by atoms with Crippen LogP contribution >= 0.6 is 15.9 Å². The highest BCUT2D eigenvalue weighted by Crippen LogP contribution is 2.29. The molecule has 0 aromatic heterocycles. The van der Waals surface area contributed by atoms with Crippen LogP contribution in [0.2, 0.25) is 0 Å². The second kappa shape index (κ2) is 6.26. The van der Waals surface area contributed by atoms with Gasteiger partial charge in [0.1, 0.15) is 5.75 Å². The summed E-state index contributed by atoms with van der Waals surface area (Å²) in [4.78, 5) is 0.328. The second-order valence-corrected chi connectivity index (χ2v) is 5.68. The van der Waals surface area contributed by atoms with Crippen LogP contribution in [0.4, 0.5) is 0 Å². The van der Waals surface area contributed by atoms with Crippen molar-refractivity contribution < 1.29 is 5.11 Å². The summed E-state index contributed by atoms with van der Waals surface area (Å²) in [6, 6.07) is 5.98. The number of halogens is 1. The van der Waals surface area contributed by atoms with Gasteiger partial charge in [-0.05, 0) is 29.9 Å². The zero-order valence-corrected chi connectivity index (χ0v) is 11.5. The number of alkyl halides is 1. The summed E-state index contributed by atoms with van der Waals surface area (Å²) < 4.78 is 0. The van der Waals surface area contributed by atoms with Crippen LogP contribution < -0.4 is 5.73 Å². The fourth-order valence-electron chi connectivity index (χ4n) is 1.71. The van der Waals surface area contributed by atoms with Crippen molar-refractivity contribution in [3.8, 4) is 5.75 Å². The van der Waals surface area contributed by atoms with E-state index in [0.717, 1.165) is 24.0 Å². The van der Waals surface area contributed by atoms with Crippen LogP contribution in [-0.2, 0) is 6.42 Å². The minimum atomic E-state index is 0.328. The first-order chi connectivity index (χ1) is 7.56. The highest BCUT2D eigenvalue weighted by Gasteiger charge is 2.10. The Hall–Kier alpha value is -0.540. The van der Waals surface area contributed by atoms with Gasteiger partial charge in [0.15, 0.2) is 0 Å². The van der Waals surface area contributed by atoms with E-state index in [-0.39, 0.29) is 0 Å². The van der Waals surface area contributed by atoms with Gasteiger partial charge in [0, 0.05) is 11.4 Å². The highest BCUT2D eigenvalue weighted by atomic mass is 79.9. The Morgan fingerprint density at radius 3 is 2.62 bits per heavy atom. The molecule has 16 heavy (non-hydrogen) atoms. The minimum Gasteiger partial charge on any atom is -0.507 e. The lowest BCUT2D eigenvalue weighted by Crippen LogP contribution is -2.14. The molecule has 2 nitrogen and oxygen atoms in total. The number of para-hydroxylation sites is 1. The second-order valence-electron chi connectivity index (χ2n) is 4.38. The first kappa shape index (κ1) is 13.5. The van der Waals surface area contributed by atoms with Crippen molar-refractivity contribution in [1.29, 1.82) is 0 Å². The normalized spacial score (nSPS) is 13.1. The predicted octanol–water partition coefficient (Wildman–Crippen LogP) is 3.17. The van der Waals surface area contributed by atoms with Crippen molar-refractivity contribution in [1.82, 2.24) is 0 Å². The monoisotopic (exact) mass is 285 g/mol. The van der Waals surface area contributed by atoms with Gasteiger partial charge in [-0.2, -0.15) is 0 Å². The van der Waals surface area contributed by atoms with Gasteiger partial charge < -0.3 is 10.8 Å². The molecule has 0 spiro atoms. The molecule has 0 heterocycles. The quantitative estimate of drug-likeness (QED) is 0.817. The number of benzene rings is 1. The topological polar surface area (TPSA) is 46.2 Å². The molecular weight excluding hydrogens is 266 g/mol. The average Bonchev–Trinajstić information content (AvgIpc) is 2.26. The van der Waals surface area contributed by atoms with Crippen molar-refractivity contribution in [3.05, 3.63) is 29.3 Å². The molecule has 0 aliphatic carbocycles. The molecular formula is C13H20BrNO. The zero-order valence-electron chi connectivity index (χ0n) is 9.91. The van der Waals surface area contributed by atoms with Crippen LogP contribution in [0.15, 0.2) is 18.2 Å². The molecule has 0 aliphatic rings. The predicted molar refractivity (Wildman–Crippen MR) is 72.3 cm³/mol. The van der Waals surface area contributed by atoms with Crippen LogP contribution in [0, 0.1) is 0 Å². The third kappa shape index (κ3) is 3.49. The first-order valence-electron chi connectivity index (χ1n) is 5.71. The van der Waals surface area contributed by atoms with E-state index in [9.17, 15) is 5.11 Å². The van der Waals surface area contributed by atoms with Gasteiger partial charge in [-0.25, -0.2) is 0 Å². The van der Waals surface area contributed by atoms with Gasteiger partial charge in [-0.3, -0.25) is 0 Å². The number of aryl methyl sites for hydroxylation is 1. The number of nitrogens with two attached hydrogens (primary N) is 1. The summed E-state index contributed by atoms with van der Waals surface area (Å²) in [7, 11) is 0. The van der Waals surface area contributed by atoms with E-state index in [0.29, 0.717) is 23.0 Å². The lowest BCUT2D eigenvalue weighted by Gasteiger charge is -2.13.